The van der Waals surface area contributed by atoms with E-state index in [0.29, 0.717) is 5.11 Å². The quantitative estimate of drug-likeness (QED) is 0.511. The number of nitrogens with zero attached hydrogens (tertiary/aromatic N) is 2. The van der Waals surface area contributed by atoms with Crippen LogP contribution in [0.2, 0.25) is 0 Å². The molecule has 2 aromatic rings. The van der Waals surface area contributed by atoms with Gasteiger partial charge < -0.3 is 9.88 Å². The number of aryl methyl sites for hydroxylation is 1. The molecule has 4 nitrogen and oxygen atoms in total. The molecular formula is C14H18N4S. The molecule has 5 heteroatoms. The zero-order chi connectivity index (χ0) is 13.7. The highest BCUT2D eigenvalue weighted by molar-refractivity contribution is 7.80. The lowest BCUT2D eigenvalue weighted by atomic mass is 10.2. The maximum atomic E-state index is 5.05. The number of hydrogen-bond donors (Lipinski definition) is 2. The minimum atomic E-state index is 0.540. The molecule has 0 spiro atoms. The number of rotatable bonds is 4. The van der Waals surface area contributed by atoms with E-state index >= 15 is 0 Å². The van der Waals surface area contributed by atoms with Crippen LogP contribution in [-0.4, -0.2) is 22.4 Å². The Balaban J connectivity index is 2.21. The van der Waals surface area contributed by atoms with Gasteiger partial charge >= 0.3 is 0 Å². The van der Waals surface area contributed by atoms with E-state index in [4.69, 9.17) is 12.2 Å². The fourth-order valence-electron chi connectivity index (χ4n) is 2.00. The summed E-state index contributed by atoms with van der Waals surface area (Å²) in [6.45, 7) is 5.85. The van der Waals surface area contributed by atoms with Crippen molar-refractivity contribution in [3.05, 3.63) is 36.0 Å². The molecule has 1 aromatic heterocycles. The molecule has 0 bridgehead atoms. The first kappa shape index (κ1) is 13.5. The highest BCUT2D eigenvalue weighted by Crippen LogP contribution is 2.19. The van der Waals surface area contributed by atoms with Gasteiger partial charge in [-0.25, -0.2) is 0 Å². The van der Waals surface area contributed by atoms with Crippen LogP contribution in [0.5, 0.6) is 0 Å². The van der Waals surface area contributed by atoms with Crippen LogP contribution < -0.4 is 10.7 Å². The Hall–Kier alpha value is -1.88. The van der Waals surface area contributed by atoms with E-state index < -0.39 is 0 Å². The Labute approximate surface area is 118 Å². The molecule has 0 saturated heterocycles. The van der Waals surface area contributed by atoms with E-state index in [-0.39, 0.29) is 0 Å². The fraction of sp³-hybridized carbons (Fsp3) is 0.286. The molecule has 1 heterocycles. The summed E-state index contributed by atoms with van der Waals surface area (Å²) in [6, 6.07) is 8.31. The van der Waals surface area contributed by atoms with Crippen LogP contribution in [-0.2, 0) is 6.54 Å². The van der Waals surface area contributed by atoms with Gasteiger partial charge in [0.05, 0.1) is 6.21 Å². The van der Waals surface area contributed by atoms with Crippen molar-refractivity contribution >= 4 is 34.4 Å². The summed E-state index contributed by atoms with van der Waals surface area (Å²) in [6.07, 6.45) is 3.91. The Bertz CT molecular complexity index is 601. The van der Waals surface area contributed by atoms with Crippen molar-refractivity contribution in [3.8, 4) is 0 Å². The predicted octanol–water partition coefficient (Wildman–Crippen LogP) is 2.48. The lowest BCUT2D eigenvalue weighted by Crippen LogP contribution is -2.31. The van der Waals surface area contributed by atoms with Crippen molar-refractivity contribution in [2.24, 2.45) is 5.10 Å². The number of thiocarbonyl (C=S) groups is 1. The van der Waals surface area contributed by atoms with Gasteiger partial charge in [0.25, 0.3) is 0 Å². The normalized spacial score (nSPS) is 11.1. The minimum Gasteiger partial charge on any atom is -0.362 e. The third-order valence-corrected chi connectivity index (χ3v) is 3.10. The number of aromatic nitrogens is 1. The van der Waals surface area contributed by atoms with Crippen LogP contribution in [0.4, 0.5) is 0 Å². The molecule has 2 rings (SSSR count). The van der Waals surface area contributed by atoms with E-state index in [1.165, 1.54) is 10.9 Å². The van der Waals surface area contributed by atoms with Gasteiger partial charge in [-0.05, 0) is 32.1 Å². The average Bonchev–Trinajstić information content (AvgIpc) is 2.78. The van der Waals surface area contributed by atoms with Gasteiger partial charge in [-0.15, -0.1) is 0 Å². The standard InChI is InChI=1S/C14H18N4S/c1-3-15-14(19)17-16-9-11-10-18(4-2)13-8-6-5-7-12(11)13/h5-10H,3-4H2,1-2H3,(H2,15,17,19)/b16-9-. The van der Waals surface area contributed by atoms with Crippen molar-refractivity contribution < 1.29 is 0 Å². The zero-order valence-electron chi connectivity index (χ0n) is 11.2. The molecule has 19 heavy (non-hydrogen) atoms. The van der Waals surface area contributed by atoms with Crippen LogP contribution >= 0.6 is 12.2 Å². The van der Waals surface area contributed by atoms with Crippen molar-refractivity contribution in [2.75, 3.05) is 6.54 Å². The van der Waals surface area contributed by atoms with E-state index in [0.717, 1.165) is 18.7 Å². The fourth-order valence-corrected chi connectivity index (χ4v) is 2.20. The minimum absolute atomic E-state index is 0.540. The first-order valence-corrected chi connectivity index (χ1v) is 6.81. The molecule has 0 aliphatic carbocycles. The summed E-state index contributed by atoms with van der Waals surface area (Å²) in [7, 11) is 0. The molecule has 1 aromatic carbocycles. The SMILES string of the molecule is CCNC(=S)N/N=C\c1cn(CC)c2ccccc12. The third kappa shape index (κ3) is 3.12. The summed E-state index contributed by atoms with van der Waals surface area (Å²) in [5.74, 6) is 0. The molecule has 0 aliphatic heterocycles. The second kappa shape index (κ2) is 6.33. The first-order valence-electron chi connectivity index (χ1n) is 6.41. The van der Waals surface area contributed by atoms with Crippen LogP contribution in [0.3, 0.4) is 0 Å². The Morgan fingerprint density at radius 2 is 2.16 bits per heavy atom. The highest BCUT2D eigenvalue weighted by atomic mass is 32.1. The maximum absolute atomic E-state index is 5.05. The Kier molecular flexibility index (Phi) is 4.52. The van der Waals surface area contributed by atoms with Crippen molar-refractivity contribution in [1.82, 2.24) is 15.3 Å². The molecule has 0 radical (unpaired) electrons. The van der Waals surface area contributed by atoms with Crippen LogP contribution in [0.25, 0.3) is 10.9 Å². The molecule has 0 saturated carbocycles. The van der Waals surface area contributed by atoms with Gasteiger partial charge in [-0.1, -0.05) is 18.2 Å². The van der Waals surface area contributed by atoms with Crippen LogP contribution in [0.15, 0.2) is 35.6 Å². The summed E-state index contributed by atoms with van der Waals surface area (Å²) in [5, 5.41) is 8.89. The summed E-state index contributed by atoms with van der Waals surface area (Å²) in [4.78, 5) is 0. The predicted molar refractivity (Wildman–Crippen MR) is 84.6 cm³/mol. The second-order valence-electron chi connectivity index (χ2n) is 4.12. The largest absolute Gasteiger partial charge is 0.362 e. The van der Waals surface area contributed by atoms with Gasteiger partial charge in [0.1, 0.15) is 0 Å². The van der Waals surface area contributed by atoms with Crippen molar-refractivity contribution in [2.45, 2.75) is 20.4 Å². The average molecular weight is 274 g/mol. The number of benzene rings is 1. The van der Waals surface area contributed by atoms with Gasteiger partial charge in [-0.3, -0.25) is 5.43 Å². The first-order chi connectivity index (χ1) is 9.26. The highest BCUT2D eigenvalue weighted by Gasteiger charge is 2.04. The smallest absolute Gasteiger partial charge is 0.186 e. The number of hydrogen-bond acceptors (Lipinski definition) is 2. The van der Waals surface area contributed by atoms with Crippen molar-refractivity contribution in [1.29, 1.82) is 0 Å². The number of nitrogens with one attached hydrogen (secondary N) is 2. The lowest BCUT2D eigenvalue weighted by molar-refractivity contribution is 0.797. The number of para-hydroxylation sites is 1. The van der Waals surface area contributed by atoms with Crippen LogP contribution in [0, 0.1) is 0 Å². The lowest BCUT2D eigenvalue weighted by Gasteiger charge is -2.02. The van der Waals surface area contributed by atoms with E-state index in [2.05, 4.69) is 45.7 Å². The van der Waals surface area contributed by atoms with Crippen molar-refractivity contribution in [3.63, 3.8) is 0 Å². The molecule has 0 fully saturated rings. The Morgan fingerprint density at radius 3 is 2.89 bits per heavy atom. The number of fused-ring (bicyclic) bond motifs is 1. The van der Waals surface area contributed by atoms with Gasteiger partial charge in [0.2, 0.25) is 0 Å². The van der Waals surface area contributed by atoms with E-state index in [1.807, 2.05) is 19.1 Å². The Morgan fingerprint density at radius 1 is 1.37 bits per heavy atom. The maximum Gasteiger partial charge on any atom is 0.186 e. The molecule has 2 N–H and O–H groups in total. The van der Waals surface area contributed by atoms with Gasteiger partial charge in [0.15, 0.2) is 5.11 Å². The van der Waals surface area contributed by atoms with E-state index in [1.54, 1.807) is 6.21 Å². The molecular weight excluding hydrogens is 256 g/mol. The third-order valence-electron chi connectivity index (χ3n) is 2.87. The van der Waals surface area contributed by atoms with Crippen LogP contribution in [0.1, 0.15) is 19.4 Å². The molecule has 0 aliphatic rings. The van der Waals surface area contributed by atoms with E-state index in [9.17, 15) is 0 Å². The number of hydrazone groups is 1. The van der Waals surface area contributed by atoms with Gasteiger partial charge in [0, 0.05) is 35.8 Å². The molecule has 0 amide bonds. The second-order valence-corrected chi connectivity index (χ2v) is 4.53. The molecule has 0 unspecified atom stereocenters. The summed E-state index contributed by atoms with van der Waals surface area (Å²) >= 11 is 5.05. The summed E-state index contributed by atoms with van der Waals surface area (Å²) < 4.78 is 2.21. The summed E-state index contributed by atoms with van der Waals surface area (Å²) in [5.41, 5.74) is 5.11. The zero-order valence-corrected chi connectivity index (χ0v) is 12.0. The molecule has 100 valence electrons. The monoisotopic (exact) mass is 274 g/mol. The topological polar surface area (TPSA) is 41.4 Å². The molecule has 0 atom stereocenters. The van der Waals surface area contributed by atoms with Gasteiger partial charge in [-0.2, -0.15) is 5.10 Å².